The number of carboxylic acids is 1. The SMILES string of the molecule is Cc1c(OCCCCCCC=O)cccc1-c1ccc(N2CCc3cccc(C(=O)Nc4nc5ccccc5s4)c3C2)nc1C(=O)O. The second-order valence-corrected chi connectivity index (χ2v) is 12.6. The molecule has 0 spiro atoms. The van der Waals surface area contributed by atoms with Gasteiger partial charge in [-0.15, -0.1) is 0 Å². The summed E-state index contributed by atoms with van der Waals surface area (Å²) in [4.78, 5) is 47.7. The number of benzene rings is 3. The molecule has 0 atom stereocenters. The Morgan fingerprint density at radius 2 is 1.79 bits per heavy atom. The summed E-state index contributed by atoms with van der Waals surface area (Å²) in [5, 5.41) is 13.8. The monoisotopic (exact) mass is 648 g/mol. The summed E-state index contributed by atoms with van der Waals surface area (Å²) in [6, 6.07) is 22.8. The van der Waals surface area contributed by atoms with Crippen LogP contribution in [-0.2, 0) is 17.8 Å². The minimum absolute atomic E-state index is 0.0365. The van der Waals surface area contributed by atoms with Gasteiger partial charge < -0.3 is 19.5 Å². The number of carbonyl (C=O) groups is 3. The van der Waals surface area contributed by atoms with Gasteiger partial charge in [0.15, 0.2) is 10.8 Å². The van der Waals surface area contributed by atoms with Crippen molar-refractivity contribution in [2.45, 2.75) is 52.0 Å². The summed E-state index contributed by atoms with van der Waals surface area (Å²) in [7, 11) is 0. The predicted molar refractivity (Wildman–Crippen MR) is 185 cm³/mol. The van der Waals surface area contributed by atoms with E-state index in [0.717, 1.165) is 64.4 Å². The molecule has 0 radical (unpaired) electrons. The molecule has 1 aliphatic rings. The Labute approximate surface area is 277 Å². The quantitative estimate of drug-likeness (QED) is 0.0984. The number of hydrogen-bond donors (Lipinski definition) is 2. The number of ether oxygens (including phenoxy) is 1. The number of nitrogens with one attached hydrogen (secondary N) is 1. The zero-order valence-corrected chi connectivity index (χ0v) is 27.0. The summed E-state index contributed by atoms with van der Waals surface area (Å²) in [5.41, 5.74) is 5.47. The van der Waals surface area contributed by atoms with E-state index in [0.29, 0.717) is 60.4 Å². The average Bonchev–Trinajstić information content (AvgIpc) is 3.50. The van der Waals surface area contributed by atoms with Gasteiger partial charge in [-0.1, -0.05) is 60.6 Å². The van der Waals surface area contributed by atoms with Crippen LogP contribution in [0.25, 0.3) is 21.3 Å². The van der Waals surface area contributed by atoms with Crippen molar-refractivity contribution in [2.75, 3.05) is 23.4 Å². The topological polar surface area (TPSA) is 122 Å². The molecular formula is C37H36N4O5S. The minimum atomic E-state index is -1.11. The standard InChI is InChI=1S/C37H36N4O5S/c1-24-26(12-10-15-31(24)46-22-8-4-2-3-7-21-42)27-17-18-33(39-34(27)36(44)45)41-20-19-25-11-9-13-28(29(25)23-41)35(43)40-37-38-30-14-5-6-16-32(30)47-37/h5-6,9-18,21H,2-4,7-8,19-20,22-23H2,1H3,(H,44,45)(H,38,40,43). The highest BCUT2D eigenvalue weighted by atomic mass is 32.1. The average molecular weight is 649 g/mol. The number of aromatic carboxylic acids is 1. The number of pyridine rings is 1. The Bertz CT molecular complexity index is 1900. The van der Waals surface area contributed by atoms with Crippen LogP contribution in [0.4, 0.5) is 10.9 Å². The molecule has 0 saturated heterocycles. The first kappa shape index (κ1) is 31.9. The van der Waals surface area contributed by atoms with Gasteiger partial charge in [0.1, 0.15) is 17.9 Å². The van der Waals surface area contributed by atoms with Crippen LogP contribution in [0.1, 0.15) is 69.6 Å². The van der Waals surface area contributed by atoms with E-state index in [9.17, 15) is 19.5 Å². The molecule has 3 aromatic carbocycles. The predicted octanol–water partition coefficient (Wildman–Crippen LogP) is 7.71. The van der Waals surface area contributed by atoms with Crippen molar-refractivity contribution in [2.24, 2.45) is 0 Å². The maximum absolute atomic E-state index is 13.5. The molecular weight excluding hydrogens is 612 g/mol. The number of carboxylic acid groups (broad SMARTS) is 1. The van der Waals surface area contributed by atoms with Crippen molar-refractivity contribution in [1.29, 1.82) is 0 Å². The smallest absolute Gasteiger partial charge is 0.355 e. The number of aldehydes is 1. The molecule has 0 fully saturated rings. The lowest BCUT2D eigenvalue weighted by atomic mass is 9.94. The van der Waals surface area contributed by atoms with Gasteiger partial charge >= 0.3 is 5.97 Å². The van der Waals surface area contributed by atoms with Crippen LogP contribution in [0.15, 0.2) is 72.8 Å². The fraction of sp³-hybridized carbons (Fsp3) is 0.270. The van der Waals surface area contributed by atoms with Gasteiger partial charge in [-0.3, -0.25) is 10.1 Å². The third-order valence-electron chi connectivity index (χ3n) is 8.49. The minimum Gasteiger partial charge on any atom is -0.493 e. The summed E-state index contributed by atoms with van der Waals surface area (Å²) in [6.07, 6.45) is 5.98. The molecule has 47 heavy (non-hydrogen) atoms. The number of nitrogens with zero attached hydrogens (tertiary/aromatic N) is 3. The number of carbonyl (C=O) groups excluding carboxylic acids is 2. The van der Waals surface area contributed by atoms with Crippen LogP contribution < -0.4 is 15.0 Å². The van der Waals surface area contributed by atoms with Gasteiger partial charge in [-0.05, 0) is 84.8 Å². The van der Waals surface area contributed by atoms with Crippen molar-refractivity contribution in [3.8, 4) is 16.9 Å². The van der Waals surface area contributed by atoms with Gasteiger partial charge in [0, 0.05) is 30.6 Å². The van der Waals surface area contributed by atoms with E-state index in [1.807, 2.05) is 84.6 Å². The maximum Gasteiger partial charge on any atom is 0.355 e. The van der Waals surface area contributed by atoms with Crippen LogP contribution in [0.2, 0.25) is 0 Å². The molecule has 0 unspecified atom stereocenters. The molecule has 1 amide bonds. The zero-order chi connectivity index (χ0) is 32.8. The van der Waals surface area contributed by atoms with E-state index < -0.39 is 5.97 Å². The van der Waals surface area contributed by atoms with Crippen LogP contribution in [0, 0.1) is 6.92 Å². The fourth-order valence-electron chi connectivity index (χ4n) is 6.01. The third kappa shape index (κ3) is 7.18. The van der Waals surface area contributed by atoms with Crippen molar-refractivity contribution in [3.63, 3.8) is 0 Å². The Morgan fingerprint density at radius 3 is 2.62 bits per heavy atom. The Morgan fingerprint density at radius 1 is 0.957 bits per heavy atom. The third-order valence-corrected chi connectivity index (χ3v) is 9.44. The van der Waals surface area contributed by atoms with E-state index in [1.165, 1.54) is 11.3 Å². The summed E-state index contributed by atoms with van der Waals surface area (Å²) >= 11 is 1.43. The number of aromatic nitrogens is 2. The van der Waals surface area contributed by atoms with Gasteiger partial charge in [-0.2, -0.15) is 0 Å². The fourth-order valence-corrected chi connectivity index (χ4v) is 6.87. The first-order chi connectivity index (χ1) is 22.9. The second-order valence-electron chi connectivity index (χ2n) is 11.6. The number of rotatable bonds is 13. The Hall–Kier alpha value is -5.09. The normalized spacial score (nSPS) is 12.5. The van der Waals surface area contributed by atoms with Crippen LogP contribution >= 0.6 is 11.3 Å². The van der Waals surface area contributed by atoms with Gasteiger partial charge in [0.05, 0.1) is 16.8 Å². The highest BCUT2D eigenvalue weighted by molar-refractivity contribution is 7.22. The van der Waals surface area contributed by atoms with Crippen molar-refractivity contribution in [1.82, 2.24) is 9.97 Å². The van der Waals surface area contributed by atoms with Crippen LogP contribution in [0.5, 0.6) is 5.75 Å². The lowest BCUT2D eigenvalue weighted by molar-refractivity contribution is -0.107. The largest absolute Gasteiger partial charge is 0.493 e. The summed E-state index contributed by atoms with van der Waals surface area (Å²) < 4.78 is 7.06. The van der Waals surface area contributed by atoms with E-state index >= 15 is 0 Å². The van der Waals surface area contributed by atoms with E-state index in [1.54, 1.807) is 0 Å². The van der Waals surface area contributed by atoms with E-state index in [2.05, 4.69) is 15.3 Å². The maximum atomic E-state index is 13.5. The lowest BCUT2D eigenvalue weighted by Gasteiger charge is -2.31. The molecule has 240 valence electrons. The molecule has 3 heterocycles. The van der Waals surface area contributed by atoms with Crippen molar-refractivity contribution >= 4 is 50.7 Å². The van der Waals surface area contributed by atoms with E-state index in [4.69, 9.17) is 4.74 Å². The molecule has 0 bridgehead atoms. The van der Waals surface area contributed by atoms with Gasteiger partial charge in [0.2, 0.25) is 0 Å². The highest BCUT2D eigenvalue weighted by Crippen LogP contribution is 2.34. The van der Waals surface area contributed by atoms with Gasteiger partial charge in [-0.25, -0.2) is 14.8 Å². The Balaban J connectivity index is 1.20. The molecule has 2 aromatic heterocycles. The molecule has 6 rings (SSSR count). The number of anilines is 2. The molecule has 1 aliphatic heterocycles. The Kier molecular flexibility index (Phi) is 9.87. The first-order valence-electron chi connectivity index (χ1n) is 15.9. The highest BCUT2D eigenvalue weighted by Gasteiger charge is 2.25. The number of amides is 1. The molecule has 9 nitrogen and oxygen atoms in total. The van der Waals surface area contributed by atoms with Crippen LogP contribution in [0.3, 0.4) is 0 Å². The second kappa shape index (κ2) is 14.6. The summed E-state index contributed by atoms with van der Waals surface area (Å²) in [6.45, 7) is 3.53. The molecule has 10 heteroatoms. The molecule has 2 N–H and O–H groups in total. The van der Waals surface area contributed by atoms with Crippen molar-refractivity contribution in [3.05, 3.63) is 101 Å². The first-order valence-corrected chi connectivity index (χ1v) is 16.7. The lowest BCUT2D eigenvalue weighted by Crippen LogP contribution is -2.33. The summed E-state index contributed by atoms with van der Waals surface area (Å²) in [5.74, 6) is -0.0955. The number of hydrogen-bond acceptors (Lipinski definition) is 8. The van der Waals surface area contributed by atoms with E-state index in [-0.39, 0.29) is 11.6 Å². The van der Waals surface area contributed by atoms with Crippen molar-refractivity contribution < 1.29 is 24.2 Å². The molecule has 5 aromatic rings. The number of para-hydroxylation sites is 1. The van der Waals surface area contributed by atoms with Crippen LogP contribution in [-0.4, -0.2) is 46.4 Å². The number of thiazole rings is 1. The zero-order valence-electron chi connectivity index (χ0n) is 26.2. The molecule has 0 saturated carbocycles. The van der Waals surface area contributed by atoms with Gasteiger partial charge in [0.25, 0.3) is 5.91 Å². The number of fused-ring (bicyclic) bond motifs is 2. The number of unbranched alkanes of at least 4 members (excludes halogenated alkanes) is 4. The molecule has 0 aliphatic carbocycles.